The van der Waals surface area contributed by atoms with E-state index in [4.69, 9.17) is 0 Å². The van der Waals surface area contributed by atoms with E-state index in [0.717, 1.165) is 0 Å². The summed E-state index contributed by atoms with van der Waals surface area (Å²) in [5.41, 5.74) is 0. The molecule has 0 aromatic rings. The molecule has 1 nitrogen and oxygen atoms in total. The van der Waals surface area contributed by atoms with Crippen molar-refractivity contribution in [1.29, 1.82) is 0 Å². The summed E-state index contributed by atoms with van der Waals surface area (Å²) in [7, 11) is 0. The van der Waals surface area contributed by atoms with Crippen molar-refractivity contribution in [3.8, 4) is 0 Å². The second-order valence-corrected chi connectivity index (χ2v) is 0. The minimum Gasteiger partial charge on any atom is -0.870 e. The average molecular weight is 149 g/mol. The van der Waals surface area contributed by atoms with Crippen LogP contribution in [-0.2, 0) is 0 Å². The summed E-state index contributed by atoms with van der Waals surface area (Å²) in [6.07, 6.45) is 0. The molecule has 0 amide bonds. The molecule has 32 valence electrons. The molecule has 0 unspecified atom stereocenters. The number of hydrogen-bond acceptors (Lipinski definition) is 1. The molecule has 1 N–H and O–H groups in total. The number of halogens is 3. The maximum Gasteiger partial charge on any atom is 1.00 e. The van der Waals surface area contributed by atoms with Crippen LogP contribution >= 0.6 is 37.2 Å². The van der Waals surface area contributed by atoms with Crippen molar-refractivity contribution in [3.63, 3.8) is 0 Å². The van der Waals surface area contributed by atoms with Crippen molar-refractivity contribution in [1.82, 2.24) is 0 Å². The molecule has 0 spiro atoms. The normalized spacial score (nSPS) is 0. The molecule has 0 radical (unpaired) electrons. The first-order valence-corrected chi connectivity index (χ1v) is 0. The van der Waals surface area contributed by atoms with E-state index < -0.39 is 0 Å². The van der Waals surface area contributed by atoms with Gasteiger partial charge in [0, 0.05) is 0 Å². The third-order valence-electron chi connectivity index (χ3n) is 0. The van der Waals surface area contributed by atoms with Crippen LogP contribution < -0.4 is 29.6 Å². The molecule has 0 atom stereocenters. The van der Waals surface area contributed by atoms with Gasteiger partial charge in [-0.15, -0.1) is 37.2 Å². The van der Waals surface area contributed by atoms with E-state index >= 15 is 0 Å². The van der Waals surface area contributed by atoms with Gasteiger partial charge in [-0.1, -0.05) is 0 Å². The molecule has 0 saturated heterocycles. The van der Waals surface area contributed by atoms with Crippen molar-refractivity contribution >= 4 is 37.2 Å². The Hall–Kier alpha value is 1.83. The average Bonchev–Trinajstić information content (AvgIpc) is 0. The smallest absolute Gasteiger partial charge is 0.870 e. The van der Waals surface area contributed by atoms with E-state index in [-0.39, 0.29) is 72.3 Å². The van der Waals surface area contributed by atoms with E-state index in [1.165, 1.54) is 0 Å². The van der Waals surface area contributed by atoms with Gasteiger partial charge >= 0.3 is 29.6 Å². The van der Waals surface area contributed by atoms with Crippen LogP contribution in [0.25, 0.3) is 0 Å². The summed E-state index contributed by atoms with van der Waals surface area (Å²) in [4.78, 5) is 0. The second kappa shape index (κ2) is 40.6. The predicted octanol–water partition coefficient (Wildman–Crippen LogP) is -1.91. The number of hydrogen-bond donors (Lipinski definition) is 0. The van der Waals surface area contributed by atoms with Crippen LogP contribution in [0.4, 0.5) is 0 Å². The van der Waals surface area contributed by atoms with Gasteiger partial charge in [-0.25, -0.2) is 0 Å². The molecule has 0 bridgehead atoms. The molecule has 0 aromatic carbocycles. The summed E-state index contributed by atoms with van der Waals surface area (Å²) in [5.74, 6) is 0. The Morgan fingerprint density at radius 3 is 0.600 bits per heavy atom. The Labute approximate surface area is 71.7 Å². The zero-order chi connectivity index (χ0) is 0. The monoisotopic (exact) mass is 148 g/mol. The van der Waals surface area contributed by atoms with Crippen LogP contribution in [0.15, 0.2) is 0 Å². The van der Waals surface area contributed by atoms with Crippen molar-refractivity contribution in [2.24, 2.45) is 0 Å². The van der Waals surface area contributed by atoms with E-state index in [9.17, 15) is 0 Å². The topological polar surface area (TPSA) is 30.0 Å². The molecule has 0 aliphatic carbocycles. The first-order valence-electron chi connectivity index (χ1n) is 0. The second-order valence-electron chi connectivity index (χ2n) is 0. The first-order chi connectivity index (χ1) is 0. The van der Waals surface area contributed by atoms with E-state index in [0.29, 0.717) is 0 Å². The predicted molar refractivity (Wildman–Crippen MR) is 23.7 cm³/mol. The molecule has 0 fully saturated rings. The van der Waals surface area contributed by atoms with Crippen LogP contribution in [0, 0.1) is 0 Å². The van der Waals surface area contributed by atoms with Gasteiger partial charge in [0.15, 0.2) is 0 Å². The van der Waals surface area contributed by atoms with E-state index in [1.54, 1.807) is 0 Å². The first kappa shape index (κ1) is 69.3. The Morgan fingerprint density at radius 1 is 0.600 bits per heavy atom. The fraction of sp³-hybridized carbons (Fsp3) is 0. The Balaban J connectivity index is 0. The van der Waals surface area contributed by atoms with Crippen LogP contribution in [0.5, 0.6) is 0 Å². The van der Waals surface area contributed by atoms with Gasteiger partial charge < -0.3 is 5.48 Å². The summed E-state index contributed by atoms with van der Waals surface area (Å²) in [5, 5.41) is 0. The quantitative estimate of drug-likeness (QED) is 0.370. The molecule has 0 saturated carbocycles. The molecule has 0 rings (SSSR count). The molecule has 5 heavy (non-hydrogen) atoms. The van der Waals surface area contributed by atoms with Gasteiger partial charge in [-0.2, -0.15) is 0 Å². The number of rotatable bonds is 0. The summed E-state index contributed by atoms with van der Waals surface area (Å²) in [6.45, 7) is 0. The summed E-state index contributed by atoms with van der Waals surface area (Å²) in [6, 6.07) is 0. The van der Waals surface area contributed by atoms with Crippen LogP contribution in [0.3, 0.4) is 0 Å². The third kappa shape index (κ3) is 25.5. The molecular weight excluding hydrogens is 145 g/mol. The van der Waals surface area contributed by atoms with E-state index in [1.807, 2.05) is 0 Å². The van der Waals surface area contributed by atoms with E-state index in [2.05, 4.69) is 0 Å². The molecule has 0 heterocycles. The maximum absolute atomic E-state index is 0. The fourth-order valence-electron chi connectivity index (χ4n) is 0. The largest absolute Gasteiger partial charge is 1.00 e. The molecular formula is H4Cl3NaO. The van der Waals surface area contributed by atoms with Crippen molar-refractivity contribution in [2.45, 2.75) is 0 Å². The third-order valence-corrected chi connectivity index (χ3v) is 0. The summed E-state index contributed by atoms with van der Waals surface area (Å²) >= 11 is 0. The van der Waals surface area contributed by atoms with Crippen LogP contribution in [-0.4, -0.2) is 5.48 Å². The zero-order valence-corrected chi connectivity index (χ0v) is 7.12. The summed E-state index contributed by atoms with van der Waals surface area (Å²) < 4.78 is 0. The Morgan fingerprint density at radius 2 is 0.600 bits per heavy atom. The molecule has 0 aromatic heterocycles. The van der Waals surface area contributed by atoms with Crippen molar-refractivity contribution in [2.75, 3.05) is 0 Å². The minimum atomic E-state index is 0. The van der Waals surface area contributed by atoms with Gasteiger partial charge in [-0.3, -0.25) is 0 Å². The van der Waals surface area contributed by atoms with Crippen LogP contribution in [0.1, 0.15) is 0 Å². The Kier molecular flexibility index (Phi) is 563. The Bertz CT molecular complexity index is 6.85. The molecule has 0 aliphatic rings. The van der Waals surface area contributed by atoms with Crippen molar-refractivity contribution in [3.05, 3.63) is 0 Å². The van der Waals surface area contributed by atoms with Gasteiger partial charge in [0.1, 0.15) is 0 Å². The standard InChI is InChI=1S/3ClH.Na.H2O/h3*1H;;1H2/q;;;+1;/p-1. The van der Waals surface area contributed by atoms with Gasteiger partial charge in [0.25, 0.3) is 0 Å². The van der Waals surface area contributed by atoms with Gasteiger partial charge in [-0.05, 0) is 0 Å². The fourth-order valence-corrected chi connectivity index (χ4v) is 0. The maximum atomic E-state index is 0. The van der Waals surface area contributed by atoms with Crippen molar-refractivity contribution < 1.29 is 35.0 Å². The van der Waals surface area contributed by atoms with Gasteiger partial charge in [0.05, 0.1) is 0 Å². The SMILES string of the molecule is Cl.Cl.Cl.[Na+].[OH-]. The molecule has 0 aliphatic heterocycles. The van der Waals surface area contributed by atoms with Gasteiger partial charge in [0.2, 0.25) is 0 Å². The van der Waals surface area contributed by atoms with Crippen LogP contribution in [0.2, 0.25) is 0 Å². The minimum absolute atomic E-state index is 0. The zero-order valence-electron chi connectivity index (χ0n) is 2.67. The molecule has 5 heteroatoms.